The van der Waals surface area contributed by atoms with E-state index in [4.69, 9.17) is 0 Å². The number of carbonyl (C=O) groups is 2. The average molecular weight is 351 g/mol. The summed E-state index contributed by atoms with van der Waals surface area (Å²) >= 11 is 0. The lowest BCUT2D eigenvalue weighted by Crippen LogP contribution is -2.43. The van der Waals surface area contributed by atoms with E-state index in [2.05, 4.69) is 10.1 Å². The molecular formula is C18H16F3NO3. The largest absolute Gasteiger partial charge is 0.467 e. The molecule has 132 valence electrons. The van der Waals surface area contributed by atoms with Crippen molar-refractivity contribution in [2.45, 2.75) is 18.9 Å². The van der Waals surface area contributed by atoms with Crippen molar-refractivity contribution >= 4 is 11.9 Å². The van der Waals surface area contributed by atoms with Crippen LogP contribution >= 0.6 is 0 Å². The Labute approximate surface area is 142 Å². The van der Waals surface area contributed by atoms with Gasteiger partial charge in [-0.1, -0.05) is 18.2 Å². The van der Waals surface area contributed by atoms with Gasteiger partial charge in [0.25, 0.3) is 0 Å². The molecule has 2 aromatic carbocycles. The zero-order valence-corrected chi connectivity index (χ0v) is 13.4. The molecule has 0 fully saturated rings. The number of esters is 1. The second kappa shape index (κ2) is 8.32. The van der Waals surface area contributed by atoms with Crippen LogP contribution in [0, 0.1) is 17.5 Å². The minimum Gasteiger partial charge on any atom is -0.467 e. The lowest BCUT2D eigenvalue weighted by Gasteiger charge is -2.17. The van der Waals surface area contributed by atoms with Crippen molar-refractivity contribution in [2.75, 3.05) is 7.11 Å². The fourth-order valence-corrected chi connectivity index (χ4v) is 2.28. The molecule has 0 aliphatic rings. The van der Waals surface area contributed by atoms with Gasteiger partial charge in [-0.15, -0.1) is 0 Å². The summed E-state index contributed by atoms with van der Waals surface area (Å²) in [7, 11) is 1.17. The van der Waals surface area contributed by atoms with Gasteiger partial charge in [0.1, 0.15) is 23.5 Å². The highest BCUT2D eigenvalue weighted by atomic mass is 19.1. The lowest BCUT2D eigenvalue weighted by molar-refractivity contribution is -0.145. The van der Waals surface area contributed by atoms with Gasteiger partial charge in [-0.3, -0.25) is 4.79 Å². The van der Waals surface area contributed by atoms with E-state index in [1.807, 2.05) is 0 Å². The molecule has 0 spiro atoms. The molecule has 0 bridgehead atoms. The number of carbonyl (C=O) groups excluding carboxylic acids is 2. The first-order valence-electron chi connectivity index (χ1n) is 7.44. The van der Waals surface area contributed by atoms with E-state index in [9.17, 15) is 22.8 Å². The molecule has 1 N–H and O–H groups in total. The van der Waals surface area contributed by atoms with Gasteiger partial charge in [0, 0.05) is 12.5 Å². The normalized spacial score (nSPS) is 11.7. The van der Waals surface area contributed by atoms with Gasteiger partial charge >= 0.3 is 5.97 Å². The molecule has 1 amide bonds. The number of ether oxygens (including phenoxy) is 1. The molecule has 0 aromatic heterocycles. The Hall–Kier alpha value is -2.83. The predicted molar refractivity (Wildman–Crippen MR) is 84.1 cm³/mol. The summed E-state index contributed by atoms with van der Waals surface area (Å²) in [6.45, 7) is 0. The Morgan fingerprint density at radius 3 is 2.28 bits per heavy atom. The number of hydrogen-bond donors (Lipinski definition) is 1. The summed E-state index contributed by atoms with van der Waals surface area (Å²) in [5, 5.41) is 2.45. The molecule has 0 saturated heterocycles. The first-order chi connectivity index (χ1) is 11.9. The van der Waals surface area contributed by atoms with Crippen molar-refractivity contribution < 1.29 is 27.5 Å². The molecule has 2 aromatic rings. The molecule has 0 aliphatic carbocycles. The zero-order valence-electron chi connectivity index (χ0n) is 13.4. The summed E-state index contributed by atoms with van der Waals surface area (Å²) in [5.41, 5.74) is 0.620. The van der Waals surface area contributed by atoms with Crippen molar-refractivity contribution in [2.24, 2.45) is 0 Å². The van der Waals surface area contributed by atoms with Crippen LogP contribution in [0.3, 0.4) is 0 Å². The quantitative estimate of drug-likeness (QED) is 0.814. The summed E-state index contributed by atoms with van der Waals surface area (Å²) in [5.74, 6) is -3.32. The molecule has 0 saturated carbocycles. The van der Waals surface area contributed by atoms with E-state index < -0.39 is 35.4 Å². The van der Waals surface area contributed by atoms with Crippen molar-refractivity contribution in [3.8, 4) is 0 Å². The maximum Gasteiger partial charge on any atom is 0.328 e. The molecular weight excluding hydrogens is 335 g/mol. The molecule has 0 radical (unpaired) electrons. The summed E-state index contributed by atoms with van der Waals surface area (Å²) in [6, 6.07) is 7.32. The third-order valence-electron chi connectivity index (χ3n) is 3.54. The van der Waals surface area contributed by atoms with Gasteiger partial charge in [-0.25, -0.2) is 18.0 Å². The number of hydrogen-bond acceptors (Lipinski definition) is 3. The van der Waals surface area contributed by atoms with Crippen molar-refractivity contribution in [3.05, 3.63) is 71.0 Å². The Balaban J connectivity index is 2.06. The molecule has 0 aliphatic heterocycles. The Bertz CT molecular complexity index is 763. The standard InChI is InChI=1S/C18H16F3NO3/c1-25-18(24)16(8-11-2-5-13(19)6-3-11)22-17(23)9-12-4-7-14(20)10-15(12)21/h2-7,10,16H,8-9H2,1H3,(H,22,23)/t16-/m0/s1. The number of halogens is 3. The van der Waals surface area contributed by atoms with E-state index in [0.717, 1.165) is 12.1 Å². The van der Waals surface area contributed by atoms with E-state index in [1.54, 1.807) is 0 Å². The van der Waals surface area contributed by atoms with Crippen molar-refractivity contribution in [1.82, 2.24) is 5.32 Å². The smallest absolute Gasteiger partial charge is 0.328 e. The van der Waals surface area contributed by atoms with E-state index in [1.165, 1.54) is 31.4 Å². The monoisotopic (exact) mass is 351 g/mol. The van der Waals surface area contributed by atoms with Crippen LogP contribution in [0.5, 0.6) is 0 Å². The second-order valence-electron chi connectivity index (χ2n) is 5.39. The topological polar surface area (TPSA) is 55.4 Å². The van der Waals surface area contributed by atoms with Gasteiger partial charge in [0.15, 0.2) is 0 Å². The van der Waals surface area contributed by atoms with E-state index >= 15 is 0 Å². The third-order valence-corrected chi connectivity index (χ3v) is 3.54. The number of methoxy groups -OCH3 is 1. The Morgan fingerprint density at radius 1 is 1.04 bits per heavy atom. The maximum absolute atomic E-state index is 13.6. The van der Waals surface area contributed by atoms with Crippen LogP contribution in [0.4, 0.5) is 13.2 Å². The highest BCUT2D eigenvalue weighted by Crippen LogP contribution is 2.11. The van der Waals surface area contributed by atoms with E-state index in [-0.39, 0.29) is 18.4 Å². The zero-order chi connectivity index (χ0) is 18.4. The minimum atomic E-state index is -1.01. The van der Waals surface area contributed by atoms with Gasteiger partial charge in [-0.05, 0) is 29.3 Å². The number of nitrogens with one attached hydrogen (secondary N) is 1. The molecule has 25 heavy (non-hydrogen) atoms. The second-order valence-corrected chi connectivity index (χ2v) is 5.39. The lowest BCUT2D eigenvalue weighted by atomic mass is 10.0. The average Bonchev–Trinajstić information content (AvgIpc) is 2.58. The van der Waals surface area contributed by atoms with Gasteiger partial charge in [0.2, 0.25) is 5.91 Å². The fourth-order valence-electron chi connectivity index (χ4n) is 2.28. The van der Waals surface area contributed by atoms with Crippen LogP contribution in [-0.4, -0.2) is 25.0 Å². The summed E-state index contributed by atoms with van der Waals surface area (Å²) in [6.07, 6.45) is -0.270. The SMILES string of the molecule is COC(=O)[C@H](Cc1ccc(F)cc1)NC(=O)Cc1ccc(F)cc1F. The van der Waals surface area contributed by atoms with Gasteiger partial charge in [0.05, 0.1) is 13.5 Å². The molecule has 1 atom stereocenters. The molecule has 7 heteroatoms. The first kappa shape index (κ1) is 18.5. The van der Waals surface area contributed by atoms with Gasteiger partial charge < -0.3 is 10.1 Å². The van der Waals surface area contributed by atoms with E-state index in [0.29, 0.717) is 11.6 Å². The Morgan fingerprint density at radius 2 is 1.68 bits per heavy atom. The maximum atomic E-state index is 13.6. The van der Waals surface area contributed by atoms with Crippen LogP contribution in [-0.2, 0) is 27.2 Å². The Kier molecular flexibility index (Phi) is 6.16. The van der Waals surface area contributed by atoms with Crippen LogP contribution in [0.25, 0.3) is 0 Å². The first-order valence-corrected chi connectivity index (χ1v) is 7.44. The summed E-state index contributed by atoms with van der Waals surface area (Å²) in [4.78, 5) is 23.9. The van der Waals surface area contributed by atoms with Crippen LogP contribution < -0.4 is 5.32 Å². The predicted octanol–water partition coefficient (Wildman–Crippen LogP) is 2.55. The highest BCUT2D eigenvalue weighted by Gasteiger charge is 2.22. The number of benzene rings is 2. The third kappa shape index (κ3) is 5.34. The van der Waals surface area contributed by atoms with Crippen LogP contribution in [0.2, 0.25) is 0 Å². The number of rotatable bonds is 6. The molecule has 0 unspecified atom stereocenters. The van der Waals surface area contributed by atoms with Crippen LogP contribution in [0.1, 0.15) is 11.1 Å². The van der Waals surface area contributed by atoms with Gasteiger partial charge in [-0.2, -0.15) is 0 Å². The van der Waals surface area contributed by atoms with Crippen molar-refractivity contribution in [1.29, 1.82) is 0 Å². The molecule has 0 heterocycles. The highest BCUT2D eigenvalue weighted by molar-refractivity contribution is 5.85. The summed E-state index contributed by atoms with van der Waals surface area (Å²) < 4.78 is 44.1. The van der Waals surface area contributed by atoms with Crippen LogP contribution in [0.15, 0.2) is 42.5 Å². The molecule has 2 rings (SSSR count). The number of amides is 1. The fraction of sp³-hybridized carbons (Fsp3) is 0.222. The van der Waals surface area contributed by atoms with Crippen molar-refractivity contribution in [3.63, 3.8) is 0 Å². The minimum absolute atomic E-state index is 0.00398. The molecule has 4 nitrogen and oxygen atoms in total.